The molecule has 4 heterocycles. The number of carbonyl (C=O) groups is 2. The number of nitrogen functional groups attached to an aromatic ring is 1. The summed E-state index contributed by atoms with van der Waals surface area (Å²) in [7, 11) is 0. The number of aromatic nitrogens is 2. The minimum absolute atomic E-state index is 0.238. The van der Waals surface area contributed by atoms with Crippen LogP contribution in [0.15, 0.2) is 42.6 Å². The number of carbonyl (C=O) groups excluding carboxylic acids is 2. The average molecular weight is 450 g/mol. The normalized spacial score (nSPS) is 17.4. The Balaban J connectivity index is 1.45. The molecule has 164 valence electrons. The molecule has 0 aliphatic carbocycles. The fourth-order valence-electron chi connectivity index (χ4n) is 4.03. The zero-order chi connectivity index (χ0) is 22.2. The molecule has 5 rings (SSSR count). The van der Waals surface area contributed by atoms with Crippen LogP contribution >= 0.6 is 11.3 Å². The fraction of sp³-hybridized carbons (Fsp3) is 0.273. The van der Waals surface area contributed by atoms with E-state index in [0.717, 1.165) is 35.0 Å². The maximum absolute atomic E-state index is 13.3. The number of nitrogens with one attached hydrogen (secondary N) is 1. The Bertz CT molecular complexity index is 1170. The molecule has 0 radical (unpaired) electrons. The smallest absolute Gasteiger partial charge is 0.322 e. The summed E-state index contributed by atoms with van der Waals surface area (Å²) in [6.45, 7) is 2.45. The third-order valence-electron chi connectivity index (χ3n) is 5.82. The molecule has 32 heavy (non-hydrogen) atoms. The number of nitrogens with two attached hydrogens (primary N) is 2. The van der Waals surface area contributed by atoms with E-state index >= 15 is 0 Å². The van der Waals surface area contributed by atoms with Gasteiger partial charge in [0, 0.05) is 37.3 Å². The van der Waals surface area contributed by atoms with Gasteiger partial charge in [0.1, 0.15) is 5.82 Å². The maximum atomic E-state index is 13.3. The Morgan fingerprint density at radius 1 is 1.12 bits per heavy atom. The van der Waals surface area contributed by atoms with Crippen molar-refractivity contribution in [3.63, 3.8) is 0 Å². The Labute approximate surface area is 189 Å². The van der Waals surface area contributed by atoms with E-state index < -0.39 is 11.9 Å². The number of nitrogens with zero attached hydrogens (tertiary/aromatic N) is 4. The summed E-state index contributed by atoms with van der Waals surface area (Å²) >= 11 is 1.22. The van der Waals surface area contributed by atoms with Crippen molar-refractivity contribution < 1.29 is 9.59 Å². The fourth-order valence-corrected chi connectivity index (χ4v) is 5.13. The Morgan fingerprint density at radius 2 is 1.94 bits per heavy atom. The van der Waals surface area contributed by atoms with Gasteiger partial charge in [0.15, 0.2) is 5.01 Å². The lowest BCUT2D eigenvalue weighted by atomic mass is 9.96. The number of anilines is 3. The Kier molecular flexibility index (Phi) is 5.14. The second kappa shape index (κ2) is 8.12. The zero-order valence-electron chi connectivity index (χ0n) is 17.3. The highest BCUT2D eigenvalue weighted by Gasteiger charge is 2.36. The van der Waals surface area contributed by atoms with Crippen LogP contribution in [-0.4, -0.2) is 46.4 Å². The third kappa shape index (κ3) is 3.62. The number of amides is 3. The number of benzene rings is 1. The molecule has 0 spiro atoms. The van der Waals surface area contributed by atoms with Gasteiger partial charge < -0.3 is 26.6 Å². The van der Waals surface area contributed by atoms with E-state index in [1.165, 1.54) is 17.8 Å². The van der Waals surface area contributed by atoms with Crippen molar-refractivity contribution in [3.8, 4) is 0 Å². The van der Waals surface area contributed by atoms with E-state index in [4.69, 9.17) is 11.5 Å². The van der Waals surface area contributed by atoms with Crippen LogP contribution in [0, 0.1) is 0 Å². The van der Waals surface area contributed by atoms with Crippen molar-refractivity contribution in [2.75, 3.05) is 35.6 Å². The molecule has 2 aromatic heterocycles. The summed E-state index contributed by atoms with van der Waals surface area (Å²) in [5, 5.41) is 3.19. The molecule has 10 heteroatoms. The number of rotatable bonds is 4. The highest BCUT2D eigenvalue weighted by molar-refractivity contribution is 7.13. The van der Waals surface area contributed by atoms with Gasteiger partial charge in [0.2, 0.25) is 0 Å². The van der Waals surface area contributed by atoms with E-state index in [1.54, 1.807) is 17.2 Å². The first-order valence-electron chi connectivity index (χ1n) is 10.4. The van der Waals surface area contributed by atoms with Gasteiger partial charge in [-0.25, -0.2) is 14.8 Å². The van der Waals surface area contributed by atoms with E-state index in [9.17, 15) is 9.59 Å². The highest BCUT2D eigenvalue weighted by Crippen LogP contribution is 2.41. The van der Waals surface area contributed by atoms with Crippen LogP contribution in [0.25, 0.3) is 0 Å². The predicted molar refractivity (Wildman–Crippen MR) is 124 cm³/mol. The summed E-state index contributed by atoms with van der Waals surface area (Å²) in [4.78, 5) is 38.6. The van der Waals surface area contributed by atoms with Crippen molar-refractivity contribution in [1.82, 2.24) is 14.9 Å². The molecule has 1 fully saturated rings. The van der Waals surface area contributed by atoms with Crippen LogP contribution in [0.3, 0.4) is 0 Å². The number of para-hydroxylation sites is 1. The van der Waals surface area contributed by atoms with Crippen molar-refractivity contribution in [3.05, 3.63) is 63.7 Å². The third-order valence-corrected chi connectivity index (χ3v) is 6.98. The number of thiazole rings is 1. The van der Waals surface area contributed by atoms with Crippen LogP contribution in [0.4, 0.5) is 22.0 Å². The monoisotopic (exact) mass is 449 g/mol. The van der Waals surface area contributed by atoms with Crippen molar-refractivity contribution in [1.29, 1.82) is 0 Å². The van der Waals surface area contributed by atoms with Crippen LogP contribution < -0.4 is 21.7 Å². The number of pyridine rings is 1. The Morgan fingerprint density at radius 3 is 2.59 bits per heavy atom. The van der Waals surface area contributed by atoms with Gasteiger partial charge >= 0.3 is 6.03 Å². The number of primary amides is 1. The molecule has 1 aromatic carbocycles. The van der Waals surface area contributed by atoms with Gasteiger partial charge in [0.25, 0.3) is 5.91 Å². The number of hydrogen-bond acceptors (Lipinski definition) is 7. The van der Waals surface area contributed by atoms with E-state index in [-0.39, 0.29) is 11.0 Å². The summed E-state index contributed by atoms with van der Waals surface area (Å²) in [5.74, 6) is 0.337. The zero-order valence-corrected chi connectivity index (χ0v) is 18.1. The molecule has 3 amide bonds. The second-order valence-corrected chi connectivity index (χ2v) is 8.88. The molecule has 9 nitrogen and oxygen atoms in total. The van der Waals surface area contributed by atoms with Crippen LogP contribution in [0.1, 0.15) is 38.4 Å². The molecule has 2 aliphatic rings. The van der Waals surface area contributed by atoms with Gasteiger partial charge in [-0.1, -0.05) is 18.2 Å². The maximum Gasteiger partial charge on any atom is 0.322 e. The molecule has 0 saturated carbocycles. The molecule has 1 unspecified atom stereocenters. The SMILES string of the molecule is NC(=O)c1nc2c(s1)C(c1ccccc1N)N(C(=O)Nc1ccc(N3CCC3)nc1)CC2. The van der Waals surface area contributed by atoms with Gasteiger partial charge in [-0.05, 0) is 24.6 Å². The van der Waals surface area contributed by atoms with E-state index in [0.29, 0.717) is 24.3 Å². The van der Waals surface area contributed by atoms with Crippen LogP contribution in [0.5, 0.6) is 0 Å². The summed E-state index contributed by atoms with van der Waals surface area (Å²) in [5.41, 5.74) is 14.5. The highest BCUT2D eigenvalue weighted by atomic mass is 32.1. The van der Waals surface area contributed by atoms with Gasteiger partial charge in [-0.3, -0.25) is 4.79 Å². The first-order valence-corrected chi connectivity index (χ1v) is 11.3. The van der Waals surface area contributed by atoms with Crippen molar-refractivity contribution >= 4 is 40.5 Å². The Hall–Kier alpha value is -3.66. The number of fused-ring (bicyclic) bond motifs is 1. The minimum atomic E-state index is -0.575. The number of hydrogen-bond donors (Lipinski definition) is 3. The van der Waals surface area contributed by atoms with Crippen molar-refractivity contribution in [2.24, 2.45) is 5.73 Å². The quantitative estimate of drug-likeness (QED) is 0.525. The summed E-state index contributed by atoms with van der Waals surface area (Å²) in [6, 6.07) is 10.5. The standard InChI is InChI=1S/C22H23N7O2S/c23-15-5-2-1-4-14(15)18-19-16(27-21(32-19)20(24)30)8-11-29(18)22(31)26-13-6-7-17(25-12-13)28-9-3-10-28/h1-2,4-7,12,18H,3,8-11,23H2,(H2,24,30)(H,26,31). The molecular formula is C22H23N7O2S. The predicted octanol–water partition coefficient (Wildman–Crippen LogP) is 2.61. The minimum Gasteiger partial charge on any atom is -0.398 e. The first-order chi connectivity index (χ1) is 15.5. The topological polar surface area (TPSA) is 130 Å². The van der Waals surface area contributed by atoms with Crippen LogP contribution in [0.2, 0.25) is 0 Å². The summed E-state index contributed by atoms with van der Waals surface area (Å²) < 4.78 is 0. The average Bonchev–Trinajstić information content (AvgIpc) is 3.18. The van der Waals surface area contributed by atoms with Gasteiger partial charge in [-0.15, -0.1) is 11.3 Å². The van der Waals surface area contributed by atoms with Gasteiger partial charge in [-0.2, -0.15) is 0 Å². The van der Waals surface area contributed by atoms with Crippen LogP contribution in [-0.2, 0) is 6.42 Å². The summed E-state index contributed by atoms with van der Waals surface area (Å²) in [6.07, 6.45) is 3.38. The molecule has 1 saturated heterocycles. The van der Waals surface area contributed by atoms with Crippen molar-refractivity contribution in [2.45, 2.75) is 18.9 Å². The molecule has 0 bridgehead atoms. The lowest BCUT2D eigenvalue weighted by Gasteiger charge is -2.36. The molecule has 5 N–H and O–H groups in total. The lowest BCUT2D eigenvalue weighted by Crippen LogP contribution is -2.42. The molecule has 1 atom stereocenters. The van der Waals surface area contributed by atoms with Gasteiger partial charge in [0.05, 0.1) is 28.5 Å². The lowest BCUT2D eigenvalue weighted by molar-refractivity contribution is 0.0999. The molecule has 2 aliphatic heterocycles. The second-order valence-electron chi connectivity index (χ2n) is 7.84. The largest absolute Gasteiger partial charge is 0.398 e. The molecule has 3 aromatic rings. The number of urea groups is 1. The molecular weight excluding hydrogens is 426 g/mol. The van der Waals surface area contributed by atoms with E-state index in [2.05, 4.69) is 20.2 Å². The first kappa shape index (κ1) is 20.3. The van der Waals surface area contributed by atoms with E-state index in [1.807, 2.05) is 30.3 Å².